The van der Waals surface area contributed by atoms with Gasteiger partial charge in [0.1, 0.15) is 5.82 Å². The molecule has 0 amide bonds. The summed E-state index contributed by atoms with van der Waals surface area (Å²) in [5.41, 5.74) is 19.4. The molecule has 28 heavy (non-hydrogen) atoms. The third kappa shape index (κ3) is 3.44. The van der Waals surface area contributed by atoms with Crippen LogP contribution in [0, 0.1) is 13.8 Å². The van der Waals surface area contributed by atoms with E-state index in [-0.39, 0.29) is 5.82 Å². The standard InChI is InChI=1S/C20H22N8/c1-11-3-8-16-17(12(11)2)24-15(10-23-16)9-13-4-6-14(7-5-13)25-26-18-19(21)27-28-20(18)22/h3-8,23H,9-10H2,1-2H3,(H5,21,22,27,28). The van der Waals surface area contributed by atoms with Gasteiger partial charge in [0.2, 0.25) is 0 Å². The molecule has 2 aromatic carbocycles. The smallest absolute Gasteiger partial charge is 0.175 e. The largest absolute Gasteiger partial charge is 0.382 e. The number of nitrogen functional groups attached to an aromatic ring is 2. The van der Waals surface area contributed by atoms with Crippen LogP contribution in [0.25, 0.3) is 0 Å². The number of azo groups is 1. The number of fused-ring (bicyclic) bond motifs is 1. The normalized spacial score (nSPS) is 13.3. The van der Waals surface area contributed by atoms with Gasteiger partial charge in [-0.2, -0.15) is 10.2 Å². The molecule has 2 heterocycles. The summed E-state index contributed by atoms with van der Waals surface area (Å²) in [5.74, 6) is 0.526. The van der Waals surface area contributed by atoms with Crippen molar-refractivity contribution >= 4 is 40.1 Å². The van der Waals surface area contributed by atoms with Crippen LogP contribution in [0.5, 0.6) is 0 Å². The maximum absolute atomic E-state index is 5.72. The predicted molar refractivity (Wildman–Crippen MR) is 113 cm³/mol. The summed E-state index contributed by atoms with van der Waals surface area (Å²) in [6, 6.07) is 12.1. The highest BCUT2D eigenvalue weighted by Crippen LogP contribution is 2.34. The molecule has 0 spiro atoms. The number of nitrogens with one attached hydrogen (secondary N) is 2. The lowest BCUT2D eigenvalue weighted by molar-refractivity contribution is 1.11. The molecule has 3 aromatic rings. The summed E-state index contributed by atoms with van der Waals surface area (Å²) in [7, 11) is 0. The lowest BCUT2D eigenvalue weighted by Gasteiger charge is -2.20. The van der Waals surface area contributed by atoms with E-state index in [0.717, 1.165) is 35.6 Å². The number of aromatic nitrogens is 2. The molecule has 1 aromatic heterocycles. The van der Waals surface area contributed by atoms with E-state index in [2.05, 4.69) is 51.7 Å². The molecule has 0 unspecified atom stereocenters. The molecule has 0 atom stereocenters. The molecule has 0 bridgehead atoms. The molecule has 142 valence electrons. The zero-order valence-electron chi connectivity index (χ0n) is 15.8. The van der Waals surface area contributed by atoms with E-state index < -0.39 is 0 Å². The SMILES string of the molecule is Cc1ccc2c(c1C)N=C(Cc1ccc(N=Nc3c(N)n[nH]c3N)cc1)CN2. The summed E-state index contributed by atoms with van der Waals surface area (Å²) >= 11 is 0. The Morgan fingerprint density at radius 2 is 1.82 bits per heavy atom. The minimum absolute atomic E-state index is 0.228. The summed E-state index contributed by atoms with van der Waals surface area (Å²) in [6.07, 6.45) is 0.777. The van der Waals surface area contributed by atoms with Crippen molar-refractivity contribution < 1.29 is 0 Å². The van der Waals surface area contributed by atoms with E-state index in [1.165, 1.54) is 11.1 Å². The number of nitrogens with two attached hydrogens (primary N) is 2. The summed E-state index contributed by atoms with van der Waals surface area (Å²) in [6.45, 7) is 4.97. The van der Waals surface area contributed by atoms with E-state index >= 15 is 0 Å². The van der Waals surface area contributed by atoms with Crippen molar-refractivity contribution in [1.82, 2.24) is 10.2 Å². The van der Waals surface area contributed by atoms with E-state index in [1.807, 2.05) is 24.3 Å². The molecule has 4 rings (SSSR count). The molecule has 0 saturated heterocycles. The number of H-pyrrole nitrogens is 1. The van der Waals surface area contributed by atoms with Gasteiger partial charge in [-0.05, 0) is 48.7 Å². The molecule has 1 aliphatic heterocycles. The molecule has 0 aliphatic carbocycles. The van der Waals surface area contributed by atoms with Gasteiger partial charge in [0.15, 0.2) is 11.5 Å². The second-order valence-electron chi connectivity index (χ2n) is 6.85. The average molecular weight is 374 g/mol. The second-order valence-corrected chi connectivity index (χ2v) is 6.85. The Morgan fingerprint density at radius 3 is 2.54 bits per heavy atom. The number of aliphatic imine (C=N–C) groups is 1. The highest BCUT2D eigenvalue weighted by atomic mass is 15.2. The summed E-state index contributed by atoms with van der Waals surface area (Å²) in [5, 5.41) is 18.1. The average Bonchev–Trinajstić information content (AvgIpc) is 3.02. The predicted octanol–water partition coefficient (Wildman–Crippen LogP) is 4.35. The molecule has 1 aliphatic rings. The van der Waals surface area contributed by atoms with Crippen LogP contribution in [-0.4, -0.2) is 22.5 Å². The third-order valence-electron chi connectivity index (χ3n) is 4.86. The molecule has 0 fully saturated rings. The van der Waals surface area contributed by atoms with Gasteiger partial charge in [0.25, 0.3) is 0 Å². The van der Waals surface area contributed by atoms with Crippen LogP contribution >= 0.6 is 0 Å². The van der Waals surface area contributed by atoms with Gasteiger partial charge >= 0.3 is 0 Å². The first-order valence-electron chi connectivity index (χ1n) is 9.02. The Labute approximate surface area is 162 Å². The Kier molecular flexibility index (Phi) is 4.52. The third-order valence-corrected chi connectivity index (χ3v) is 4.86. The number of hydrogen-bond acceptors (Lipinski definition) is 7. The molecule has 8 nitrogen and oxygen atoms in total. The number of aryl methyl sites for hydroxylation is 1. The Balaban J connectivity index is 1.49. The quantitative estimate of drug-likeness (QED) is 0.506. The van der Waals surface area contributed by atoms with Crippen LogP contribution in [0.15, 0.2) is 51.6 Å². The molecule has 6 N–H and O–H groups in total. The highest BCUT2D eigenvalue weighted by molar-refractivity contribution is 5.97. The minimum atomic E-state index is 0.228. The van der Waals surface area contributed by atoms with Crippen LogP contribution in [-0.2, 0) is 6.42 Å². The van der Waals surface area contributed by atoms with E-state index in [0.29, 0.717) is 17.2 Å². The van der Waals surface area contributed by atoms with Gasteiger partial charge in [0.05, 0.1) is 23.6 Å². The second kappa shape index (κ2) is 7.15. The van der Waals surface area contributed by atoms with Crippen molar-refractivity contribution in [2.75, 3.05) is 23.3 Å². The number of hydrogen-bond donors (Lipinski definition) is 4. The monoisotopic (exact) mass is 374 g/mol. The van der Waals surface area contributed by atoms with Gasteiger partial charge in [-0.15, -0.1) is 5.11 Å². The van der Waals surface area contributed by atoms with Gasteiger partial charge < -0.3 is 16.8 Å². The van der Waals surface area contributed by atoms with Gasteiger partial charge in [-0.25, -0.2) is 0 Å². The zero-order chi connectivity index (χ0) is 19.7. The fourth-order valence-electron chi connectivity index (χ4n) is 3.08. The first kappa shape index (κ1) is 17.7. The Hall–Kier alpha value is -3.68. The minimum Gasteiger partial charge on any atom is -0.382 e. The Bertz CT molecular complexity index is 1060. The van der Waals surface area contributed by atoms with Crippen LogP contribution in [0.1, 0.15) is 16.7 Å². The maximum Gasteiger partial charge on any atom is 0.175 e. The van der Waals surface area contributed by atoms with Crippen LogP contribution < -0.4 is 16.8 Å². The van der Waals surface area contributed by atoms with Crippen molar-refractivity contribution in [1.29, 1.82) is 0 Å². The Morgan fingerprint density at radius 1 is 1.04 bits per heavy atom. The lowest BCUT2D eigenvalue weighted by atomic mass is 10.0. The molecular weight excluding hydrogens is 352 g/mol. The highest BCUT2D eigenvalue weighted by Gasteiger charge is 2.14. The first-order valence-corrected chi connectivity index (χ1v) is 9.02. The van der Waals surface area contributed by atoms with Gasteiger partial charge in [-0.1, -0.05) is 18.2 Å². The number of rotatable bonds is 4. The van der Waals surface area contributed by atoms with Crippen LogP contribution in [0.3, 0.4) is 0 Å². The van der Waals surface area contributed by atoms with Crippen molar-refractivity contribution in [3.63, 3.8) is 0 Å². The van der Waals surface area contributed by atoms with E-state index in [9.17, 15) is 0 Å². The lowest BCUT2D eigenvalue weighted by Crippen LogP contribution is -2.20. The fraction of sp³-hybridized carbons (Fsp3) is 0.200. The van der Waals surface area contributed by atoms with Crippen molar-refractivity contribution in [2.24, 2.45) is 15.2 Å². The molecule has 8 heteroatoms. The summed E-state index contributed by atoms with van der Waals surface area (Å²) < 4.78 is 0. The number of benzene rings is 2. The van der Waals surface area contributed by atoms with Crippen LogP contribution in [0.2, 0.25) is 0 Å². The molecule has 0 radical (unpaired) electrons. The van der Waals surface area contributed by atoms with E-state index in [1.54, 1.807) is 0 Å². The zero-order valence-corrected chi connectivity index (χ0v) is 15.8. The fourth-order valence-corrected chi connectivity index (χ4v) is 3.08. The van der Waals surface area contributed by atoms with Gasteiger partial charge in [-0.3, -0.25) is 10.1 Å². The van der Waals surface area contributed by atoms with Crippen molar-refractivity contribution in [2.45, 2.75) is 20.3 Å². The first-order chi connectivity index (χ1) is 13.5. The topological polar surface area (TPSA) is 130 Å². The number of anilines is 3. The van der Waals surface area contributed by atoms with E-state index in [4.69, 9.17) is 16.5 Å². The number of aromatic amines is 1. The van der Waals surface area contributed by atoms with Gasteiger partial charge in [0, 0.05) is 12.1 Å². The molecule has 0 saturated carbocycles. The summed E-state index contributed by atoms with van der Waals surface area (Å²) in [4.78, 5) is 4.89. The molecular formula is C20H22N8. The maximum atomic E-state index is 5.72. The number of nitrogens with zero attached hydrogens (tertiary/aromatic N) is 4. The van der Waals surface area contributed by atoms with Crippen molar-refractivity contribution in [3.05, 3.63) is 53.1 Å². The van der Waals surface area contributed by atoms with Crippen molar-refractivity contribution in [3.8, 4) is 0 Å². The van der Waals surface area contributed by atoms with Crippen LogP contribution in [0.4, 0.5) is 34.4 Å².